The highest BCUT2D eigenvalue weighted by molar-refractivity contribution is 9.10. The smallest absolute Gasteiger partial charge is 0.151 e. The molecule has 3 nitrogen and oxygen atoms in total. The van der Waals surface area contributed by atoms with Crippen LogP contribution in [0, 0.1) is 0 Å². The van der Waals surface area contributed by atoms with Crippen molar-refractivity contribution in [3.8, 4) is 5.69 Å². The predicted octanol–water partition coefficient (Wildman–Crippen LogP) is 3.60. The summed E-state index contributed by atoms with van der Waals surface area (Å²) in [6.45, 7) is 0. The molecule has 0 spiro atoms. The fraction of sp³-hybridized carbons (Fsp3) is 0. The molecule has 0 bridgehead atoms. The van der Waals surface area contributed by atoms with E-state index in [4.69, 9.17) is 0 Å². The van der Waals surface area contributed by atoms with Gasteiger partial charge in [0.05, 0.1) is 11.0 Å². The van der Waals surface area contributed by atoms with Crippen molar-refractivity contribution < 1.29 is 4.79 Å². The Kier molecular flexibility index (Phi) is 2.72. The molecule has 3 aromatic rings. The number of aromatic nitrogens is 2. The van der Waals surface area contributed by atoms with E-state index in [9.17, 15) is 4.79 Å². The van der Waals surface area contributed by atoms with Gasteiger partial charge in [-0.25, -0.2) is 4.98 Å². The molecule has 0 N–H and O–H groups in total. The van der Waals surface area contributed by atoms with Crippen LogP contribution in [-0.2, 0) is 0 Å². The molecule has 0 saturated heterocycles. The lowest BCUT2D eigenvalue weighted by molar-refractivity contribution is 0.112. The van der Waals surface area contributed by atoms with Crippen molar-refractivity contribution in [1.29, 1.82) is 0 Å². The van der Waals surface area contributed by atoms with Crippen LogP contribution in [0.3, 0.4) is 0 Å². The highest BCUT2D eigenvalue weighted by Gasteiger charge is 2.06. The lowest BCUT2D eigenvalue weighted by Crippen LogP contribution is -1.93. The number of rotatable bonds is 2. The zero-order valence-electron chi connectivity index (χ0n) is 9.38. The van der Waals surface area contributed by atoms with Crippen LogP contribution in [0.1, 0.15) is 10.4 Å². The molecule has 1 aromatic heterocycles. The van der Waals surface area contributed by atoms with Gasteiger partial charge in [0.15, 0.2) is 6.29 Å². The average molecular weight is 301 g/mol. The van der Waals surface area contributed by atoms with E-state index in [-0.39, 0.29) is 0 Å². The standard InChI is InChI=1S/C14H9BrN2O/c15-12-7-11(6-5-10(12)8-18)17-9-16-13-3-1-2-4-14(13)17/h1-9H. The van der Waals surface area contributed by atoms with Crippen molar-refractivity contribution in [1.82, 2.24) is 9.55 Å². The maximum Gasteiger partial charge on any atom is 0.151 e. The lowest BCUT2D eigenvalue weighted by Gasteiger charge is -2.05. The summed E-state index contributed by atoms with van der Waals surface area (Å²) >= 11 is 3.39. The first-order valence-electron chi connectivity index (χ1n) is 5.47. The van der Waals surface area contributed by atoms with Crippen molar-refractivity contribution in [2.45, 2.75) is 0 Å². The van der Waals surface area contributed by atoms with E-state index in [1.807, 2.05) is 41.0 Å². The third-order valence-electron chi connectivity index (χ3n) is 2.84. The number of para-hydroxylation sites is 2. The van der Waals surface area contributed by atoms with Crippen LogP contribution in [-0.4, -0.2) is 15.8 Å². The maximum absolute atomic E-state index is 10.8. The monoisotopic (exact) mass is 300 g/mol. The van der Waals surface area contributed by atoms with Crippen molar-refractivity contribution >= 4 is 33.2 Å². The maximum atomic E-state index is 10.8. The third-order valence-corrected chi connectivity index (χ3v) is 3.53. The lowest BCUT2D eigenvalue weighted by atomic mass is 10.2. The van der Waals surface area contributed by atoms with Crippen LogP contribution in [0.2, 0.25) is 0 Å². The second-order valence-corrected chi connectivity index (χ2v) is 4.78. The molecule has 3 rings (SSSR count). The molecule has 2 aromatic carbocycles. The second-order valence-electron chi connectivity index (χ2n) is 3.93. The predicted molar refractivity (Wildman–Crippen MR) is 74.2 cm³/mol. The van der Waals surface area contributed by atoms with Crippen molar-refractivity contribution in [2.75, 3.05) is 0 Å². The number of benzene rings is 2. The average Bonchev–Trinajstić information content (AvgIpc) is 2.82. The van der Waals surface area contributed by atoms with Gasteiger partial charge in [0.25, 0.3) is 0 Å². The normalized spacial score (nSPS) is 10.7. The van der Waals surface area contributed by atoms with Gasteiger partial charge < -0.3 is 0 Å². The Morgan fingerprint density at radius 3 is 2.78 bits per heavy atom. The summed E-state index contributed by atoms with van der Waals surface area (Å²) in [6, 6.07) is 13.5. The molecule has 4 heteroatoms. The van der Waals surface area contributed by atoms with Gasteiger partial charge in [-0.1, -0.05) is 12.1 Å². The summed E-state index contributed by atoms with van der Waals surface area (Å²) in [4.78, 5) is 15.1. The largest absolute Gasteiger partial charge is 0.299 e. The van der Waals surface area contributed by atoms with Crippen LogP contribution in [0.15, 0.2) is 53.3 Å². The van der Waals surface area contributed by atoms with Gasteiger partial charge in [0, 0.05) is 15.7 Å². The number of halogens is 1. The minimum atomic E-state index is 0.642. The second kappa shape index (κ2) is 4.38. The van der Waals surface area contributed by atoms with Crippen molar-refractivity contribution in [3.05, 3.63) is 58.8 Å². The quantitative estimate of drug-likeness (QED) is 0.678. The van der Waals surface area contributed by atoms with Crippen LogP contribution in [0.25, 0.3) is 16.7 Å². The van der Waals surface area contributed by atoms with E-state index in [2.05, 4.69) is 20.9 Å². The van der Waals surface area contributed by atoms with E-state index in [1.165, 1.54) is 0 Å². The van der Waals surface area contributed by atoms with Crippen LogP contribution in [0.4, 0.5) is 0 Å². The van der Waals surface area contributed by atoms with E-state index in [0.717, 1.165) is 27.5 Å². The SMILES string of the molecule is O=Cc1ccc(-n2cnc3ccccc32)cc1Br. The van der Waals surface area contributed by atoms with Crippen LogP contribution >= 0.6 is 15.9 Å². The Morgan fingerprint density at radius 1 is 1.17 bits per heavy atom. The molecule has 0 unspecified atom stereocenters. The van der Waals surface area contributed by atoms with Crippen LogP contribution in [0.5, 0.6) is 0 Å². The molecule has 88 valence electrons. The van der Waals surface area contributed by atoms with E-state index in [0.29, 0.717) is 5.56 Å². The summed E-state index contributed by atoms with van der Waals surface area (Å²) < 4.78 is 2.78. The fourth-order valence-electron chi connectivity index (χ4n) is 1.93. The highest BCUT2D eigenvalue weighted by Crippen LogP contribution is 2.22. The Balaban J connectivity index is 2.20. The molecule has 18 heavy (non-hydrogen) atoms. The Morgan fingerprint density at radius 2 is 2.00 bits per heavy atom. The summed E-state index contributed by atoms with van der Waals surface area (Å²) in [5.41, 5.74) is 3.61. The number of carbonyl (C=O) groups excluding carboxylic acids is 1. The first-order valence-corrected chi connectivity index (χ1v) is 6.26. The summed E-state index contributed by atoms with van der Waals surface area (Å²) in [5, 5.41) is 0. The molecule has 1 heterocycles. The Hall–Kier alpha value is -1.94. The van der Waals surface area contributed by atoms with Crippen molar-refractivity contribution in [2.24, 2.45) is 0 Å². The third kappa shape index (κ3) is 1.75. The number of fused-ring (bicyclic) bond motifs is 1. The topological polar surface area (TPSA) is 34.9 Å². The van der Waals surface area contributed by atoms with Gasteiger partial charge in [0.1, 0.15) is 6.33 Å². The molecule has 0 aliphatic carbocycles. The summed E-state index contributed by atoms with van der Waals surface area (Å²) in [6.07, 6.45) is 2.62. The Labute approximate surface area is 112 Å². The summed E-state index contributed by atoms with van der Waals surface area (Å²) in [7, 11) is 0. The number of carbonyl (C=O) groups is 1. The van der Waals surface area contributed by atoms with Gasteiger partial charge in [-0.05, 0) is 46.3 Å². The molecule has 0 aliphatic rings. The van der Waals surface area contributed by atoms with Gasteiger partial charge >= 0.3 is 0 Å². The number of nitrogens with zero attached hydrogens (tertiary/aromatic N) is 2. The first kappa shape index (κ1) is 11.2. The van der Waals surface area contributed by atoms with Gasteiger partial charge in [-0.15, -0.1) is 0 Å². The van der Waals surface area contributed by atoms with Gasteiger partial charge in [-0.2, -0.15) is 0 Å². The van der Waals surface area contributed by atoms with E-state index >= 15 is 0 Å². The molecular formula is C14H9BrN2O. The zero-order valence-corrected chi connectivity index (χ0v) is 11.0. The van der Waals surface area contributed by atoms with Crippen LogP contribution < -0.4 is 0 Å². The van der Waals surface area contributed by atoms with E-state index < -0.39 is 0 Å². The molecule has 0 aliphatic heterocycles. The first-order chi connectivity index (χ1) is 8.79. The molecule has 0 radical (unpaired) electrons. The molecule has 0 saturated carbocycles. The molecular weight excluding hydrogens is 292 g/mol. The molecule has 0 amide bonds. The number of imidazole rings is 1. The van der Waals surface area contributed by atoms with Gasteiger partial charge in [-0.3, -0.25) is 9.36 Å². The number of hydrogen-bond acceptors (Lipinski definition) is 2. The fourth-order valence-corrected chi connectivity index (χ4v) is 2.39. The Bertz CT molecular complexity index is 733. The molecule has 0 fully saturated rings. The zero-order chi connectivity index (χ0) is 12.5. The summed E-state index contributed by atoms with van der Waals surface area (Å²) in [5.74, 6) is 0. The van der Waals surface area contributed by atoms with E-state index in [1.54, 1.807) is 12.4 Å². The molecule has 0 atom stereocenters. The van der Waals surface area contributed by atoms with Crippen molar-refractivity contribution in [3.63, 3.8) is 0 Å². The number of hydrogen-bond donors (Lipinski definition) is 0. The minimum absolute atomic E-state index is 0.642. The minimum Gasteiger partial charge on any atom is -0.299 e. The highest BCUT2D eigenvalue weighted by atomic mass is 79.9. The van der Waals surface area contributed by atoms with Gasteiger partial charge in [0.2, 0.25) is 0 Å². The number of aldehydes is 1.